The van der Waals surface area contributed by atoms with E-state index in [1.807, 2.05) is 0 Å². The molecule has 1 saturated carbocycles. The molecule has 1 aliphatic carbocycles. The lowest BCUT2D eigenvalue weighted by Crippen LogP contribution is -2.37. The average molecular weight is 142 g/mol. The Morgan fingerprint density at radius 2 is 2.20 bits per heavy atom. The summed E-state index contributed by atoms with van der Waals surface area (Å²) >= 11 is 0. The van der Waals surface area contributed by atoms with E-state index in [2.05, 4.69) is 24.5 Å². The molecular formula is C8H18N2. The first kappa shape index (κ1) is 8.02. The normalized spacial score (nSPS) is 21.0. The van der Waals surface area contributed by atoms with Crippen LogP contribution in [0.15, 0.2) is 0 Å². The molecule has 0 spiro atoms. The summed E-state index contributed by atoms with van der Waals surface area (Å²) in [6.45, 7) is 6.56. The SMILES string of the molecule is CCNCC(C)NC1CC1. The third kappa shape index (κ3) is 3.18. The largest absolute Gasteiger partial charge is 0.315 e. The number of rotatable bonds is 5. The van der Waals surface area contributed by atoms with Crippen molar-refractivity contribution in [2.24, 2.45) is 0 Å². The summed E-state index contributed by atoms with van der Waals surface area (Å²) < 4.78 is 0. The fourth-order valence-electron chi connectivity index (χ4n) is 1.07. The highest BCUT2D eigenvalue weighted by molar-refractivity contribution is 4.83. The summed E-state index contributed by atoms with van der Waals surface area (Å²) in [5, 5.41) is 6.84. The van der Waals surface area contributed by atoms with E-state index < -0.39 is 0 Å². The zero-order chi connectivity index (χ0) is 7.40. The molecule has 2 nitrogen and oxygen atoms in total. The van der Waals surface area contributed by atoms with E-state index in [0.717, 1.165) is 19.1 Å². The number of hydrogen-bond donors (Lipinski definition) is 2. The van der Waals surface area contributed by atoms with Crippen LogP contribution in [0.4, 0.5) is 0 Å². The van der Waals surface area contributed by atoms with Gasteiger partial charge in [0.1, 0.15) is 0 Å². The zero-order valence-electron chi connectivity index (χ0n) is 6.98. The van der Waals surface area contributed by atoms with Gasteiger partial charge in [0.05, 0.1) is 0 Å². The lowest BCUT2D eigenvalue weighted by atomic mass is 10.3. The molecule has 1 aliphatic rings. The molecule has 2 heteroatoms. The van der Waals surface area contributed by atoms with Gasteiger partial charge in [0.15, 0.2) is 0 Å². The molecule has 0 aromatic rings. The van der Waals surface area contributed by atoms with Gasteiger partial charge < -0.3 is 10.6 Å². The first-order valence-electron chi connectivity index (χ1n) is 4.29. The second-order valence-electron chi connectivity index (χ2n) is 3.15. The van der Waals surface area contributed by atoms with Gasteiger partial charge in [-0.3, -0.25) is 0 Å². The summed E-state index contributed by atoms with van der Waals surface area (Å²) in [6.07, 6.45) is 2.77. The first-order chi connectivity index (χ1) is 4.83. The van der Waals surface area contributed by atoms with Crippen LogP contribution in [0.25, 0.3) is 0 Å². The van der Waals surface area contributed by atoms with Crippen molar-refractivity contribution in [2.75, 3.05) is 13.1 Å². The molecule has 0 heterocycles. The number of hydrogen-bond acceptors (Lipinski definition) is 2. The van der Waals surface area contributed by atoms with Gasteiger partial charge in [0.25, 0.3) is 0 Å². The van der Waals surface area contributed by atoms with Crippen molar-refractivity contribution in [2.45, 2.75) is 38.8 Å². The van der Waals surface area contributed by atoms with Gasteiger partial charge in [-0.1, -0.05) is 6.92 Å². The molecule has 1 rings (SSSR count). The Morgan fingerprint density at radius 3 is 2.70 bits per heavy atom. The Balaban J connectivity index is 1.91. The molecule has 60 valence electrons. The summed E-state index contributed by atoms with van der Waals surface area (Å²) in [4.78, 5) is 0. The molecule has 0 bridgehead atoms. The van der Waals surface area contributed by atoms with Crippen molar-refractivity contribution in [3.63, 3.8) is 0 Å². The minimum Gasteiger partial charge on any atom is -0.315 e. The number of nitrogens with one attached hydrogen (secondary N) is 2. The Labute approximate surface area is 63.4 Å². The highest BCUT2D eigenvalue weighted by Gasteiger charge is 2.22. The van der Waals surface area contributed by atoms with E-state index in [-0.39, 0.29) is 0 Å². The lowest BCUT2D eigenvalue weighted by Gasteiger charge is -2.12. The van der Waals surface area contributed by atoms with Crippen molar-refractivity contribution < 1.29 is 0 Å². The molecule has 1 fully saturated rings. The van der Waals surface area contributed by atoms with Gasteiger partial charge in [-0.25, -0.2) is 0 Å². The third-order valence-electron chi connectivity index (χ3n) is 1.80. The van der Waals surface area contributed by atoms with Crippen molar-refractivity contribution in [1.29, 1.82) is 0 Å². The summed E-state index contributed by atoms with van der Waals surface area (Å²) in [6, 6.07) is 1.49. The monoisotopic (exact) mass is 142 g/mol. The Kier molecular flexibility index (Phi) is 3.16. The highest BCUT2D eigenvalue weighted by atomic mass is 15.0. The summed E-state index contributed by atoms with van der Waals surface area (Å²) in [7, 11) is 0. The average Bonchev–Trinajstić information content (AvgIpc) is 2.67. The van der Waals surface area contributed by atoms with E-state index in [9.17, 15) is 0 Å². The topological polar surface area (TPSA) is 24.1 Å². The van der Waals surface area contributed by atoms with Crippen LogP contribution in [0, 0.1) is 0 Å². The second kappa shape index (κ2) is 3.94. The minimum absolute atomic E-state index is 0.646. The van der Waals surface area contributed by atoms with E-state index in [1.54, 1.807) is 0 Å². The van der Waals surface area contributed by atoms with Gasteiger partial charge in [-0.05, 0) is 26.3 Å². The standard InChI is InChI=1S/C8H18N2/c1-3-9-6-7(2)10-8-4-5-8/h7-10H,3-6H2,1-2H3. The molecule has 10 heavy (non-hydrogen) atoms. The highest BCUT2D eigenvalue weighted by Crippen LogP contribution is 2.18. The van der Waals surface area contributed by atoms with Crippen LogP contribution < -0.4 is 10.6 Å². The quantitative estimate of drug-likeness (QED) is 0.591. The van der Waals surface area contributed by atoms with Crippen molar-refractivity contribution >= 4 is 0 Å². The lowest BCUT2D eigenvalue weighted by molar-refractivity contribution is 0.507. The Morgan fingerprint density at radius 1 is 1.50 bits per heavy atom. The summed E-state index contributed by atoms with van der Waals surface area (Å²) in [5.74, 6) is 0. The number of likely N-dealkylation sites (N-methyl/N-ethyl adjacent to an activating group) is 1. The molecule has 1 atom stereocenters. The molecule has 0 saturated heterocycles. The maximum atomic E-state index is 3.53. The molecular weight excluding hydrogens is 124 g/mol. The van der Waals surface area contributed by atoms with Gasteiger partial charge in [0.2, 0.25) is 0 Å². The van der Waals surface area contributed by atoms with Crippen molar-refractivity contribution in [3.05, 3.63) is 0 Å². The smallest absolute Gasteiger partial charge is 0.0166 e. The van der Waals surface area contributed by atoms with Crippen LogP contribution in [0.5, 0.6) is 0 Å². The molecule has 1 unspecified atom stereocenters. The Bertz CT molecular complexity index is 89.3. The van der Waals surface area contributed by atoms with E-state index in [4.69, 9.17) is 0 Å². The first-order valence-corrected chi connectivity index (χ1v) is 4.29. The van der Waals surface area contributed by atoms with Crippen molar-refractivity contribution in [3.8, 4) is 0 Å². The summed E-state index contributed by atoms with van der Waals surface area (Å²) in [5.41, 5.74) is 0. The van der Waals surface area contributed by atoms with Crippen LogP contribution >= 0.6 is 0 Å². The zero-order valence-corrected chi connectivity index (χ0v) is 6.98. The van der Waals surface area contributed by atoms with Crippen molar-refractivity contribution in [1.82, 2.24) is 10.6 Å². The Hall–Kier alpha value is -0.0800. The minimum atomic E-state index is 0.646. The van der Waals surface area contributed by atoms with Crippen LogP contribution in [-0.2, 0) is 0 Å². The molecule has 0 aromatic carbocycles. The maximum absolute atomic E-state index is 3.53. The van der Waals surface area contributed by atoms with Crippen LogP contribution in [0.2, 0.25) is 0 Å². The molecule has 0 aliphatic heterocycles. The fourth-order valence-corrected chi connectivity index (χ4v) is 1.07. The van der Waals surface area contributed by atoms with Crippen LogP contribution in [0.1, 0.15) is 26.7 Å². The van der Waals surface area contributed by atoms with Gasteiger partial charge >= 0.3 is 0 Å². The molecule has 2 N–H and O–H groups in total. The van der Waals surface area contributed by atoms with Crippen LogP contribution in [0.3, 0.4) is 0 Å². The van der Waals surface area contributed by atoms with Crippen LogP contribution in [-0.4, -0.2) is 25.2 Å². The fraction of sp³-hybridized carbons (Fsp3) is 1.00. The predicted octanol–water partition coefficient (Wildman–Crippen LogP) is 0.736. The second-order valence-corrected chi connectivity index (χ2v) is 3.15. The van der Waals surface area contributed by atoms with Gasteiger partial charge in [0, 0.05) is 18.6 Å². The predicted molar refractivity (Wildman–Crippen MR) is 44.2 cm³/mol. The van der Waals surface area contributed by atoms with E-state index >= 15 is 0 Å². The van der Waals surface area contributed by atoms with E-state index in [0.29, 0.717) is 6.04 Å². The third-order valence-corrected chi connectivity index (χ3v) is 1.80. The van der Waals surface area contributed by atoms with Gasteiger partial charge in [-0.2, -0.15) is 0 Å². The molecule has 0 radical (unpaired) electrons. The van der Waals surface area contributed by atoms with E-state index in [1.165, 1.54) is 12.8 Å². The molecule has 0 aromatic heterocycles. The van der Waals surface area contributed by atoms with Gasteiger partial charge in [-0.15, -0.1) is 0 Å². The molecule has 0 amide bonds. The maximum Gasteiger partial charge on any atom is 0.0166 e.